The topological polar surface area (TPSA) is 58.6 Å². The van der Waals surface area contributed by atoms with Crippen LogP contribution in [-0.2, 0) is 9.53 Å². The summed E-state index contributed by atoms with van der Waals surface area (Å²) in [7, 11) is 0. The van der Waals surface area contributed by atoms with Crippen molar-refractivity contribution in [3.63, 3.8) is 0 Å². The summed E-state index contributed by atoms with van der Waals surface area (Å²) in [5, 5.41) is 2.54. The summed E-state index contributed by atoms with van der Waals surface area (Å²) < 4.78 is 4.70. The van der Waals surface area contributed by atoms with Crippen molar-refractivity contribution in [2.45, 2.75) is 6.92 Å². The summed E-state index contributed by atoms with van der Waals surface area (Å²) in [4.78, 5) is 24.2. The van der Waals surface area contributed by atoms with Gasteiger partial charge in [0.05, 0.1) is 6.61 Å². The maximum Gasteiger partial charge on any atom is 0.325 e. The molecule has 0 saturated carbocycles. The first-order valence-electron chi connectivity index (χ1n) is 5.00. The first-order chi connectivity index (χ1) is 7.24. The summed E-state index contributed by atoms with van der Waals surface area (Å²) in [6, 6.07) is -0.177. The van der Waals surface area contributed by atoms with Crippen LogP contribution in [0.15, 0.2) is 0 Å². The predicted octanol–water partition coefficient (Wildman–Crippen LogP) is 0.308. The molecule has 6 heteroatoms. The van der Waals surface area contributed by atoms with Gasteiger partial charge in [0.1, 0.15) is 6.54 Å². The van der Waals surface area contributed by atoms with E-state index in [2.05, 4.69) is 5.32 Å². The molecule has 0 bridgehead atoms. The summed E-state index contributed by atoms with van der Waals surface area (Å²) in [5.74, 6) is 1.54. The third kappa shape index (κ3) is 4.42. The molecule has 0 aromatic heterocycles. The molecule has 0 aromatic carbocycles. The standard InChI is InChI=1S/C9H16N2O3S/c1-2-14-8(12)7-10-9(13)11-3-5-15-6-4-11/h2-7H2,1H3,(H,10,13). The van der Waals surface area contributed by atoms with E-state index >= 15 is 0 Å². The fraction of sp³-hybridized carbons (Fsp3) is 0.778. The maximum absolute atomic E-state index is 11.5. The summed E-state index contributed by atoms with van der Waals surface area (Å²) in [6.45, 7) is 3.53. The fourth-order valence-electron chi connectivity index (χ4n) is 1.24. The maximum atomic E-state index is 11.5. The zero-order valence-corrected chi connectivity index (χ0v) is 9.64. The minimum atomic E-state index is -0.391. The smallest absolute Gasteiger partial charge is 0.325 e. The molecule has 1 aliphatic rings. The molecule has 0 radical (unpaired) electrons. The van der Waals surface area contributed by atoms with Crippen molar-refractivity contribution in [2.24, 2.45) is 0 Å². The van der Waals surface area contributed by atoms with Gasteiger partial charge in [-0.1, -0.05) is 0 Å². The molecule has 15 heavy (non-hydrogen) atoms. The molecule has 1 aliphatic heterocycles. The predicted molar refractivity (Wildman–Crippen MR) is 58.9 cm³/mol. The molecule has 0 unspecified atom stereocenters. The zero-order chi connectivity index (χ0) is 11.1. The molecule has 1 rings (SSSR count). The van der Waals surface area contributed by atoms with E-state index < -0.39 is 5.97 Å². The van der Waals surface area contributed by atoms with Crippen molar-refractivity contribution >= 4 is 23.8 Å². The normalized spacial score (nSPS) is 15.9. The Hall–Kier alpha value is -0.910. The van der Waals surface area contributed by atoms with Crippen molar-refractivity contribution < 1.29 is 14.3 Å². The lowest BCUT2D eigenvalue weighted by Crippen LogP contribution is -2.45. The molecule has 86 valence electrons. The monoisotopic (exact) mass is 232 g/mol. The lowest BCUT2D eigenvalue weighted by molar-refractivity contribution is -0.141. The van der Waals surface area contributed by atoms with Crippen LogP contribution in [0.3, 0.4) is 0 Å². The SMILES string of the molecule is CCOC(=O)CNC(=O)N1CCSCC1. The molecule has 0 spiro atoms. The Morgan fingerprint density at radius 1 is 1.40 bits per heavy atom. The van der Waals surface area contributed by atoms with Gasteiger partial charge in [-0.05, 0) is 6.92 Å². The van der Waals surface area contributed by atoms with Gasteiger partial charge in [0, 0.05) is 24.6 Å². The lowest BCUT2D eigenvalue weighted by Gasteiger charge is -2.26. The highest BCUT2D eigenvalue weighted by atomic mass is 32.2. The van der Waals surface area contributed by atoms with Crippen LogP contribution in [-0.4, -0.2) is 54.6 Å². The van der Waals surface area contributed by atoms with Crippen molar-refractivity contribution in [3.05, 3.63) is 0 Å². The van der Waals surface area contributed by atoms with E-state index in [0.29, 0.717) is 6.61 Å². The number of hydrogen-bond donors (Lipinski definition) is 1. The molecular weight excluding hydrogens is 216 g/mol. The Kier molecular flexibility index (Phi) is 5.31. The first kappa shape index (κ1) is 12.2. The van der Waals surface area contributed by atoms with Crippen LogP contribution in [0.2, 0.25) is 0 Å². The largest absolute Gasteiger partial charge is 0.465 e. The molecule has 1 heterocycles. The summed E-state index contributed by atoms with van der Waals surface area (Å²) in [6.07, 6.45) is 0. The Morgan fingerprint density at radius 3 is 2.67 bits per heavy atom. The average molecular weight is 232 g/mol. The number of nitrogens with zero attached hydrogens (tertiary/aromatic N) is 1. The van der Waals surface area contributed by atoms with Crippen LogP contribution in [0.4, 0.5) is 4.79 Å². The van der Waals surface area contributed by atoms with Gasteiger partial charge in [0.2, 0.25) is 0 Å². The van der Waals surface area contributed by atoms with Gasteiger partial charge in [-0.25, -0.2) is 4.79 Å². The Labute approximate surface area is 93.5 Å². The Bertz CT molecular complexity index is 229. The second-order valence-corrected chi connectivity index (χ2v) is 4.29. The molecular formula is C9H16N2O3S. The van der Waals surface area contributed by atoms with Gasteiger partial charge in [0.25, 0.3) is 0 Å². The molecule has 2 amide bonds. The van der Waals surface area contributed by atoms with Crippen molar-refractivity contribution in [3.8, 4) is 0 Å². The summed E-state index contributed by atoms with van der Waals surface area (Å²) >= 11 is 1.84. The molecule has 0 aliphatic carbocycles. The van der Waals surface area contributed by atoms with Gasteiger partial charge >= 0.3 is 12.0 Å². The van der Waals surface area contributed by atoms with Crippen molar-refractivity contribution in [1.29, 1.82) is 0 Å². The van der Waals surface area contributed by atoms with E-state index in [4.69, 9.17) is 4.74 Å². The zero-order valence-electron chi connectivity index (χ0n) is 8.82. The molecule has 1 fully saturated rings. The third-order valence-electron chi connectivity index (χ3n) is 1.99. The van der Waals surface area contributed by atoms with E-state index in [-0.39, 0.29) is 12.6 Å². The van der Waals surface area contributed by atoms with Crippen molar-refractivity contribution in [2.75, 3.05) is 37.7 Å². The van der Waals surface area contributed by atoms with E-state index in [9.17, 15) is 9.59 Å². The van der Waals surface area contributed by atoms with E-state index in [1.165, 1.54) is 0 Å². The number of amides is 2. The van der Waals surface area contributed by atoms with Gasteiger partial charge in [-0.15, -0.1) is 0 Å². The summed E-state index contributed by atoms with van der Waals surface area (Å²) in [5.41, 5.74) is 0. The number of hydrogen-bond acceptors (Lipinski definition) is 4. The first-order valence-corrected chi connectivity index (χ1v) is 6.15. The van der Waals surface area contributed by atoms with Gasteiger partial charge in [-0.3, -0.25) is 4.79 Å². The van der Waals surface area contributed by atoms with Crippen LogP contribution >= 0.6 is 11.8 Å². The second kappa shape index (κ2) is 6.55. The van der Waals surface area contributed by atoms with Crippen LogP contribution in [0, 0.1) is 0 Å². The van der Waals surface area contributed by atoms with Crippen LogP contribution in [0.1, 0.15) is 6.92 Å². The average Bonchev–Trinajstić information content (AvgIpc) is 2.27. The highest BCUT2D eigenvalue weighted by molar-refractivity contribution is 7.99. The third-order valence-corrected chi connectivity index (χ3v) is 2.93. The van der Waals surface area contributed by atoms with Gasteiger partial charge < -0.3 is 15.0 Å². The Morgan fingerprint density at radius 2 is 2.07 bits per heavy atom. The number of urea groups is 1. The number of nitrogens with one attached hydrogen (secondary N) is 1. The number of thioether (sulfide) groups is 1. The molecule has 5 nitrogen and oxygen atoms in total. The molecule has 1 saturated heterocycles. The highest BCUT2D eigenvalue weighted by Gasteiger charge is 2.16. The molecule has 0 aromatic rings. The Balaban J connectivity index is 2.19. The minimum absolute atomic E-state index is 0.0453. The van der Waals surface area contributed by atoms with Crippen LogP contribution < -0.4 is 5.32 Å². The number of ether oxygens (including phenoxy) is 1. The quantitative estimate of drug-likeness (QED) is 0.711. The van der Waals surface area contributed by atoms with Crippen LogP contribution in [0.5, 0.6) is 0 Å². The molecule has 1 N–H and O–H groups in total. The van der Waals surface area contributed by atoms with E-state index in [1.807, 2.05) is 11.8 Å². The number of esters is 1. The second-order valence-electron chi connectivity index (χ2n) is 3.06. The lowest BCUT2D eigenvalue weighted by atomic mass is 10.5. The van der Waals surface area contributed by atoms with Gasteiger partial charge in [-0.2, -0.15) is 11.8 Å². The van der Waals surface area contributed by atoms with Crippen LogP contribution in [0.25, 0.3) is 0 Å². The van der Waals surface area contributed by atoms with E-state index in [1.54, 1.807) is 11.8 Å². The highest BCUT2D eigenvalue weighted by Crippen LogP contribution is 2.08. The van der Waals surface area contributed by atoms with E-state index in [0.717, 1.165) is 24.6 Å². The minimum Gasteiger partial charge on any atom is -0.465 e. The molecule has 0 atom stereocenters. The fourth-order valence-corrected chi connectivity index (χ4v) is 2.14. The number of carbonyl (C=O) groups is 2. The number of rotatable bonds is 3. The number of carbonyl (C=O) groups excluding carboxylic acids is 2. The van der Waals surface area contributed by atoms with Gasteiger partial charge in [0.15, 0.2) is 0 Å². The van der Waals surface area contributed by atoms with Crippen molar-refractivity contribution in [1.82, 2.24) is 10.2 Å².